The number of hydrogen-bond acceptors (Lipinski definition) is 4. The average Bonchev–Trinajstić information content (AvgIpc) is 2.71. The molecule has 0 aromatic carbocycles. The molecule has 0 N–H and O–H groups in total. The Morgan fingerprint density at radius 3 is 2.87 bits per heavy atom. The van der Waals surface area contributed by atoms with Gasteiger partial charge in [0.15, 0.2) is 0 Å². The fraction of sp³-hybridized carbons (Fsp3) is 0.200. The fourth-order valence-corrected chi connectivity index (χ4v) is 1.32. The fourth-order valence-electron chi connectivity index (χ4n) is 1.22. The first-order valence-corrected chi connectivity index (χ1v) is 4.84. The Kier molecular flexibility index (Phi) is 2.87. The molecule has 0 atom stereocenters. The van der Waals surface area contributed by atoms with Gasteiger partial charge < -0.3 is 9.32 Å². The van der Waals surface area contributed by atoms with Crippen molar-refractivity contribution in [2.45, 2.75) is 6.54 Å². The van der Waals surface area contributed by atoms with Gasteiger partial charge in [0.05, 0.1) is 25.2 Å². The molecule has 0 radical (unpaired) electrons. The minimum atomic E-state index is 0.394. The highest BCUT2D eigenvalue weighted by molar-refractivity contribution is 6.29. The molecular weight excluding hydrogens is 214 g/mol. The maximum atomic E-state index is 5.65. The van der Waals surface area contributed by atoms with E-state index in [4.69, 9.17) is 16.0 Å². The van der Waals surface area contributed by atoms with Gasteiger partial charge in [0.1, 0.15) is 16.7 Å². The Labute approximate surface area is 92.5 Å². The van der Waals surface area contributed by atoms with E-state index in [1.54, 1.807) is 12.5 Å². The number of nitrogens with zero attached hydrogens (tertiary/aromatic N) is 3. The molecule has 0 aliphatic heterocycles. The molecule has 0 unspecified atom stereocenters. The van der Waals surface area contributed by atoms with Crippen molar-refractivity contribution in [2.75, 3.05) is 11.9 Å². The van der Waals surface area contributed by atoms with E-state index in [9.17, 15) is 0 Å². The Balaban J connectivity index is 2.08. The Morgan fingerprint density at radius 1 is 1.40 bits per heavy atom. The van der Waals surface area contributed by atoms with Crippen molar-refractivity contribution in [3.63, 3.8) is 0 Å². The van der Waals surface area contributed by atoms with Crippen LogP contribution < -0.4 is 4.90 Å². The van der Waals surface area contributed by atoms with Crippen molar-refractivity contribution < 1.29 is 4.42 Å². The van der Waals surface area contributed by atoms with E-state index in [-0.39, 0.29) is 0 Å². The molecular formula is C10H10ClN3O. The standard InChI is InChI=1S/C10H10ClN3O/c1-14(7-8-3-2-4-15-8)10-6-12-9(11)5-13-10/h2-6H,7H2,1H3. The SMILES string of the molecule is CN(Cc1ccco1)c1cnc(Cl)cn1. The summed E-state index contributed by atoms with van der Waals surface area (Å²) in [5.74, 6) is 1.64. The Hall–Kier alpha value is -1.55. The lowest BCUT2D eigenvalue weighted by Gasteiger charge is -2.15. The second-order valence-corrected chi connectivity index (χ2v) is 3.52. The molecule has 0 aliphatic carbocycles. The predicted octanol–water partition coefficient (Wildman–Crippen LogP) is 2.36. The summed E-state index contributed by atoms with van der Waals surface area (Å²) in [7, 11) is 1.92. The molecule has 78 valence electrons. The minimum absolute atomic E-state index is 0.394. The van der Waals surface area contributed by atoms with E-state index in [0.717, 1.165) is 11.6 Å². The van der Waals surface area contributed by atoms with Crippen LogP contribution in [-0.4, -0.2) is 17.0 Å². The molecule has 5 heteroatoms. The van der Waals surface area contributed by atoms with E-state index >= 15 is 0 Å². The molecule has 2 aromatic rings. The minimum Gasteiger partial charge on any atom is -0.467 e. The number of rotatable bonds is 3. The van der Waals surface area contributed by atoms with Crippen LogP contribution in [0.4, 0.5) is 5.82 Å². The number of furan rings is 1. The van der Waals surface area contributed by atoms with Gasteiger partial charge in [-0.2, -0.15) is 0 Å². The highest BCUT2D eigenvalue weighted by Gasteiger charge is 2.05. The van der Waals surface area contributed by atoms with Gasteiger partial charge in [-0.1, -0.05) is 11.6 Å². The van der Waals surface area contributed by atoms with Gasteiger partial charge in [-0.25, -0.2) is 9.97 Å². The first-order valence-electron chi connectivity index (χ1n) is 4.47. The van der Waals surface area contributed by atoms with Crippen molar-refractivity contribution in [1.29, 1.82) is 0 Å². The lowest BCUT2D eigenvalue weighted by Crippen LogP contribution is -2.17. The lowest BCUT2D eigenvalue weighted by molar-refractivity contribution is 0.507. The van der Waals surface area contributed by atoms with Crippen LogP contribution in [-0.2, 0) is 6.54 Å². The van der Waals surface area contributed by atoms with E-state index in [1.807, 2.05) is 24.1 Å². The number of aromatic nitrogens is 2. The van der Waals surface area contributed by atoms with Crippen molar-refractivity contribution in [1.82, 2.24) is 9.97 Å². The van der Waals surface area contributed by atoms with Crippen LogP contribution in [0, 0.1) is 0 Å². The van der Waals surface area contributed by atoms with E-state index in [1.165, 1.54) is 6.20 Å². The van der Waals surface area contributed by atoms with E-state index in [0.29, 0.717) is 11.7 Å². The molecule has 2 rings (SSSR count). The van der Waals surface area contributed by atoms with Gasteiger partial charge in [0, 0.05) is 7.05 Å². The predicted molar refractivity (Wildman–Crippen MR) is 57.9 cm³/mol. The molecule has 0 bridgehead atoms. The zero-order valence-electron chi connectivity index (χ0n) is 8.22. The van der Waals surface area contributed by atoms with E-state index < -0.39 is 0 Å². The summed E-state index contributed by atoms with van der Waals surface area (Å²) in [4.78, 5) is 10.0. The van der Waals surface area contributed by atoms with Gasteiger partial charge in [0.25, 0.3) is 0 Å². The smallest absolute Gasteiger partial charge is 0.147 e. The number of hydrogen-bond donors (Lipinski definition) is 0. The molecule has 0 fully saturated rings. The highest BCUT2D eigenvalue weighted by atomic mass is 35.5. The lowest BCUT2D eigenvalue weighted by atomic mass is 10.4. The summed E-state index contributed by atoms with van der Waals surface area (Å²) in [6, 6.07) is 3.77. The molecule has 0 aliphatic rings. The highest BCUT2D eigenvalue weighted by Crippen LogP contribution is 2.12. The normalized spacial score (nSPS) is 10.3. The third-order valence-electron chi connectivity index (χ3n) is 1.97. The Bertz CT molecular complexity index is 413. The van der Waals surface area contributed by atoms with Crippen LogP contribution in [0.3, 0.4) is 0 Å². The van der Waals surface area contributed by atoms with Crippen molar-refractivity contribution >= 4 is 17.4 Å². The molecule has 15 heavy (non-hydrogen) atoms. The summed E-state index contributed by atoms with van der Waals surface area (Å²) in [5, 5.41) is 0.394. The molecule has 2 aromatic heterocycles. The average molecular weight is 224 g/mol. The van der Waals surface area contributed by atoms with Crippen LogP contribution in [0.5, 0.6) is 0 Å². The van der Waals surface area contributed by atoms with Gasteiger partial charge in [-0.3, -0.25) is 0 Å². The molecule has 2 heterocycles. The second-order valence-electron chi connectivity index (χ2n) is 3.13. The number of halogens is 1. The zero-order valence-corrected chi connectivity index (χ0v) is 8.98. The summed E-state index contributed by atoms with van der Waals surface area (Å²) in [6.45, 7) is 0.656. The third-order valence-corrected chi connectivity index (χ3v) is 2.17. The third kappa shape index (κ3) is 2.47. The van der Waals surface area contributed by atoms with Crippen molar-refractivity contribution in [3.05, 3.63) is 41.7 Å². The topological polar surface area (TPSA) is 42.2 Å². The van der Waals surface area contributed by atoms with Crippen LogP contribution >= 0.6 is 11.6 Å². The molecule has 0 spiro atoms. The summed E-state index contributed by atoms with van der Waals surface area (Å²) in [6.07, 6.45) is 4.80. The maximum Gasteiger partial charge on any atom is 0.147 e. The van der Waals surface area contributed by atoms with Gasteiger partial charge in [-0.15, -0.1) is 0 Å². The zero-order chi connectivity index (χ0) is 10.7. The second kappa shape index (κ2) is 4.31. The summed E-state index contributed by atoms with van der Waals surface area (Å²) >= 11 is 5.65. The number of anilines is 1. The molecule has 0 amide bonds. The first kappa shape index (κ1) is 9.98. The molecule has 0 saturated heterocycles. The quantitative estimate of drug-likeness (QED) is 0.801. The van der Waals surface area contributed by atoms with E-state index in [2.05, 4.69) is 9.97 Å². The summed E-state index contributed by atoms with van der Waals surface area (Å²) < 4.78 is 5.23. The first-order chi connectivity index (χ1) is 7.25. The summed E-state index contributed by atoms with van der Waals surface area (Å²) in [5.41, 5.74) is 0. The van der Waals surface area contributed by atoms with Crippen LogP contribution in [0.25, 0.3) is 0 Å². The van der Waals surface area contributed by atoms with Crippen LogP contribution in [0.15, 0.2) is 35.2 Å². The van der Waals surface area contributed by atoms with Crippen LogP contribution in [0.1, 0.15) is 5.76 Å². The molecule has 4 nitrogen and oxygen atoms in total. The van der Waals surface area contributed by atoms with Gasteiger partial charge in [-0.05, 0) is 12.1 Å². The van der Waals surface area contributed by atoms with Crippen LogP contribution in [0.2, 0.25) is 5.15 Å². The van der Waals surface area contributed by atoms with Gasteiger partial charge >= 0.3 is 0 Å². The molecule has 0 saturated carbocycles. The van der Waals surface area contributed by atoms with Crippen molar-refractivity contribution in [3.8, 4) is 0 Å². The largest absolute Gasteiger partial charge is 0.467 e. The monoisotopic (exact) mass is 223 g/mol. The Morgan fingerprint density at radius 2 is 2.27 bits per heavy atom. The van der Waals surface area contributed by atoms with Gasteiger partial charge in [0.2, 0.25) is 0 Å². The maximum absolute atomic E-state index is 5.65. The van der Waals surface area contributed by atoms with Crippen molar-refractivity contribution in [2.24, 2.45) is 0 Å².